The Bertz CT molecular complexity index is 949. The molecule has 0 bridgehead atoms. The van der Waals surface area contributed by atoms with Crippen molar-refractivity contribution in [2.45, 2.75) is 39.2 Å². The highest BCUT2D eigenvalue weighted by Gasteiger charge is 2.23. The van der Waals surface area contributed by atoms with Crippen LogP contribution in [0.1, 0.15) is 43.1 Å². The summed E-state index contributed by atoms with van der Waals surface area (Å²) in [7, 11) is 0. The minimum Gasteiger partial charge on any atom is -0.452 e. The van der Waals surface area contributed by atoms with Gasteiger partial charge in [0.15, 0.2) is 6.61 Å². The Labute approximate surface area is 176 Å². The van der Waals surface area contributed by atoms with Crippen LogP contribution in [0.25, 0.3) is 0 Å². The maximum atomic E-state index is 12.6. The second-order valence-electron chi connectivity index (χ2n) is 8.06. The highest BCUT2D eigenvalue weighted by atomic mass is 16.6. The van der Waals surface area contributed by atoms with E-state index in [0.29, 0.717) is 12.2 Å². The SMILES string of the molecule is CC(C)(C)OC(=O)Nc1cccc(C(=O)OCC(=O)N2CCCc3ccccc32)c1. The summed E-state index contributed by atoms with van der Waals surface area (Å²) in [6.07, 6.45) is 1.18. The number of carbonyl (C=O) groups excluding carboxylic acids is 3. The largest absolute Gasteiger partial charge is 0.452 e. The van der Waals surface area contributed by atoms with Gasteiger partial charge in [0.1, 0.15) is 5.60 Å². The molecule has 0 atom stereocenters. The molecular weight excluding hydrogens is 384 g/mol. The molecule has 2 amide bonds. The average Bonchev–Trinajstić information content (AvgIpc) is 2.70. The van der Waals surface area contributed by atoms with Gasteiger partial charge < -0.3 is 14.4 Å². The topological polar surface area (TPSA) is 84.9 Å². The number of benzene rings is 2. The first-order chi connectivity index (χ1) is 14.2. The van der Waals surface area contributed by atoms with Gasteiger partial charge in [0.2, 0.25) is 0 Å². The van der Waals surface area contributed by atoms with Crippen LogP contribution in [-0.2, 0) is 20.7 Å². The van der Waals surface area contributed by atoms with Gasteiger partial charge >= 0.3 is 12.1 Å². The summed E-state index contributed by atoms with van der Waals surface area (Å²) in [5.41, 5.74) is 1.98. The van der Waals surface area contributed by atoms with Crippen LogP contribution in [0, 0.1) is 0 Å². The zero-order valence-corrected chi connectivity index (χ0v) is 17.4. The van der Waals surface area contributed by atoms with Gasteiger partial charge in [-0.25, -0.2) is 9.59 Å². The number of nitrogens with one attached hydrogen (secondary N) is 1. The molecule has 1 aliphatic heterocycles. The third-order valence-corrected chi connectivity index (χ3v) is 4.48. The number of rotatable bonds is 4. The first-order valence-electron chi connectivity index (χ1n) is 9.88. The number of aryl methyl sites for hydroxylation is 1. The zero-order chi connectivity index (χ0) is 21.7. The van der Waals surface area contributed by atoms with Crippen LogP contribution in [-0.4, -0.2) is 36.7 Å². The number of nitrogens with zero attached hydrogens (tertiary/aromatic N) is 1. The number of hydrogen-bond donors (Lipinski definition) is 1. The molecule has 0 fully saturated rings. The van der Waals surface area contributed by atoms with Crippen LogP contribution < -0.4 is 10.2 Å². The van der Waals surface area contributed by atoms with Gasteiger partial charge in [0.25, 0.3) is 5.91 Å². The molecule has 0 saturated heterocycles. The third kappa shape index (κ3) is 5.59. The molecule has 2 aromatic carbocycles. The van der Waals surface area contributed by atoms with Crippen LogP contribution in [0.2, 0.25) is 0 Å². The maximum Gasteiger partial charge on any atom is 0.412 e. The normalized spacial score (nSPS) is 13.2. The quantitative estimate of drug-likeness (QED) is 0.765. The molecule has 1 N–H and O–H groups in total. The van der Waals surface area contributed by atoms with Crippen molar-refractivity contribution in [1.29, 1.82) is 0 Å². The van der Waals surface area contributed by atoms with Crippen LogP contribution in [0.3, 0.4) is 0 Å². The molecule has 7 nitrogen and oxygen atoms in total. The molecule has 1 aliphatic rings. The molecule has 0 saturated carbocycles. The van der Waals surface area contributed by atoms with Gasteiger partial charge in [-0.1, -0.05) is 24.3 Å². The summed E-state index contributed by atoms with van der Waals surface area (Å²) in [5, 5.41) is 2.58. The summed E-state index contributed by atoms with van der Waals surface area (Å²) >= 11 is 0. The minimum absolute atomic E-state index is 0.232. The number of anilines is 2. The third-order valence-electron chi connectivity index (χ3n) is 4.48. The first-order valence-corrected chi connectivity index (χ1v) is 9.88. The van der Waals surface area contributed by atoms with Crippen molar-refractivity contribution in [1.82, 2.24) is 0 Å². The molecule has 30 heavy (non-hydrogen) atoms. The zero-order valence-electron chi connectivity index (χ0n) is 17.4. The van der Waals surface area contributed by atoms with E-state index in [9.17, 15) is 14.4 Å². The number of para-hydroxylation sites is 1. The first kappa shape index (κ1) is 21.4. The van der Waals surface area contributed by atoms with Gasteiger partial charge in [-0.05, 0) is 63.4 Å². The summed E-state index contributed by atoms with van der Waals surface area (Å²) in [5.74, 6) is -0.903. The number of hydrogen-bond acceptors (Lipinski definition) is 5. The molecule has 0 spiro atoms. The molecule has 3 rings (SSSR count). The minimum atomic E-state index is -0.638. The Kier molecular flexibility index (Phi) is 6.40. The monoisotopic (exact) mass is 410 g/mol. The van der Waals surface area contributed by atoms with E-state index < -0.39 is 17.7 Å². The molecule has 0 aromatic heterocycles. The standard InChI is InChI=1S/C23H26N2O5/c1-23(2,3)30-22(28)24-18-11-6-9-17(14-18)21(27)29-15-20(26)25-13-7-10-16-8-4-5-12-19(16)25/h4-6,8-9,11-12,14H,7,10,13,15H2,1-3H3,(H,24,28). The lowest BCUT2D eigenvalue weighted by molar-refractivity contribution is -0.121. The van der Waals surface area contributed by atoms with Crippen LogP contribution in [0.15, 0.2) is 48.5 Å². The van der Waals surface area contributed by atoms with Crippen molar-refractivity contribution < 1.29 is 23.9 Å². The summed E-state index contributed by atoms with van der Waals surface area (Å²) < 4.78 is 10.4. The smallest absolute Gasteiger partial charge is 0.412 e. The van der Waals surface area contributed by atoms with Crippen molar-refractivity contribution in [3.63, 3.8) is 0 Å². The lowest BCUT2D eigenvalue weighted by atomic mass is 10.0. The highest BCUT2D eigenvalue weighted by Crippen LogP contribution is 2.26. The maximum absolute atomic E-state index is 12.6. The van der Waals surface area contributed by atoms with Crippen molar-refractivity contribution in [3.05, 3.63) is 59.7 Å². The van der Waals surface area contributed by atoms with E-state index in [1.807, 2.05) is 24.3 Å². The number of carbonyl (C=O) groups is 3. The molecule has 0 unspecified atom stereocenters. The van der Waals surface area contributed by atoms with E-state index in [4.69, 9.17) is 9.47 Å². The number of ether oxygens (including phenoxy) is 2. The predicted octanol–water partition coefficient (Wildman–Crippen LogP) is 4.17. The van der Waals surface area contributed by atoms with E-state index in [0.717, 1.165) is 24.1 Å². The highest BCUT2D eigenvalue weighted by molar-refractivity contribution is 5.98. The van der Waals surface area contributed by atoms with E-state index >= 15 is 0 Å². The fourth-order valence-electron chi connectivity index (χ4n) is 3.23. The fourth-order valence-corrected chi connectivity index (χ4v) is 3.23. The van der Waals surface area contributed by atoms with Crippen molar-refractivity contribution in [2.75, 3.05) is 23.4 Å². The predicted molar refractivity (Wildman–Crippen MR) is 114 cm³/mol. The molecule has 1 heterocycles. The van der Waals surface area contributed by atoms with E-state index in [2.05, 4.69) is 5.32 Å². The second kappa shape index (κ2) is 8.98. The molecule has 7 heteroatoms. The summed E-state index contributed by atoms with van der Waals surface area (Å²) in [6, 6.07) is 14.0. The number of fused-ring (bicyclic) bond motifs is 1. The average molecular weight is 410 g/mol. The van der Waals surface area contributed by atoms with Crippen molar-refractivity contribution >= 4 is 29.3 Å². The van der Waals surface area contributed by atoms with Gasteiger partial charge in [-0.15, -0.1) is 0 Å². The van der Waals surface area contributed by atoms with Gasteiger partial charge in [0.05, 0.1) is 5.56 Å². The fraction of sp³-hybridized carbons (Fsp3) is 0.348. The Morgan fingerprint density at radius 1 is 1.07 bits per heavy atom. The molecule has 2 aromatic rings. The van der Waals surface area contributed by atoms with Gasteiger partial charge in [0, 0.05) is 17.9 Å². The Morgan fingerprint density at radius 2 is 1.83 bits per heavy atom. The van der Waals surface area contributed by atoms with Crippen LogP contribution in [0.5, 0.6) is 0 Å². The number of amides is 2. The van der Waals surface area contributed by atoms with Crippen molar-refractivity contribution in [3.8, 4) is 0 Å². The summed E-state index contributed by atoms with van der Waals surface area (Å²) in [6.45, 7) is 5.54. The second-order valence-corrected chi connectivity index (χ2v) is 8.06. The molecule has 0 aliphatic carbocycles. The lowest BCUT2D eigenvalue weighted by Gasteiger charge is -2.29. The van der Waals surface area contributed by atoms with E-state index in [1.54, 1.807) is 43.9 Å². The van der Waals surface area contributed by atoms with Crippen LogP contribution >= 0.6 is 0 Å². The Hall–Kier alpha value is -3.35. The van der Waals surface area contributed by atoms with E-state index in [1.165, 1.54) is 6.07 Å². The molecule has 0 radical (unpaired) electrons. The number of esters is 1. The lowest BCUT2D eigenvalue weighted by Crippen LogP contribution is -2.38. The molecular formula is C23H26N2O5. The van der Waals surface area contributed by atoms with Gasteiger partial charge in [-0.2, -0.15) is 0 Å². The van der Waals surface area contributed by atoms with Crippen LogP contribution in [0.4, 0.5) is 16.2 Å². The van der Waals surface area contributed by atoms with Crippen molar-refractivity contribution in [2.24, 2.45) is 0 Å². The molecule has 158 valence electrons. The van der Waals surface area contributed by atoms with E-state index in [-0.39, 0.29) is 18.1 Å². The Balaban J connectivity index is 1.59. The Morgan fingerprint density at radius 3 is 2.60 bits per heavy atom. The van der Waals surface area contributed by atoms with Gasteiger partial charge in [-0.3, -0.25) is 10.1 Å². The summed E-state index contributed by atoms with van der Waals surface area (Å²) in [4.78, 5) is 38.6.